The highest BCUT2D eigenvalue weighted by Gasteiger charge is 2.30. The van der Waals surface area contributed by atoms with Gasteiger partial charge in [-0.2, -0.15) is 0 Å². The lowest BCUT2D eigenvalue weighted by atomic mass is 10.1. The number of carbonyl (C=O) groups excluding carboxylic acids is 1. The molecule has 0 aliphatic carbocycles. The summed E-state index contributed by atoms with van der Waals surface area (Å²) >= 11 is 0. The van der Waals surface area contributed by atoms with Crippen molar-refractivity contribution in [2.45, 2.75) is 51.2 Å². The largest absolute Gasteiger partial charge is 0.341 e. The predicted octanol–water partition coefficient (Wildman–Crippen LogP) is 0.680. The number of hydrogen-bond donors (Lipinski definition) is 1. The van der Waals surface area contributed by atoms with Gasteiger partial charge in [-0.1, -0.05) is 0 Å². The molecule has 0 aromatic heterocycles. The molecule has 2 heterocycles. The summed E-state index contributed by atoms with van der Waals surface area (Å²) < 4.78 is 0. The van der Waals surface area contributed by atoms with Crippen LogP contribution < -0.4 is 5.32 Å². The van der Waals surface area contributed by atoms with E-state index in [0.29, 0.717) is 12.1 Å². The highest BCUT2D eigenvalue weighted by atomic mass is 16.2. The van der Waals surface area contributed by atoms with Crippen molar-refractivity contribution < 1.29 is 4.79 Å². The van der Waals surface area contributed by atoms with Crippen molar-refractivity contribution >= 4 is 5.91 Å². The molecule has 2 rings (SSSR count). The minimum Gasteiger partial charge on any atom is -0.341 e. The van der Waals surface area contributed by atoms with E-state index < -0.39 is 0 Å². The van der Waals surface area contributed by atoms with E-state index in [1.807, 2.05) is 11.8 Å². The fourth-order valence-electron chi connectivity index (χ4n) is 2.95. The van der Waals surface area contributed by atoms with E-state index >= 15 is 0 Å². The fourth-order valence-corrected chi connectivity index (χ4v) is 2.95. The van der Waals surface area contributed by atoms with Crippen LogP contribution in [-0.2, 0) is 4.79 Å². The molecule has 0 radical (unpaired) electrons. The molecule has 2 fully saturated rings. The molecule has 4 nitrogen and oxygen atoms in total. The molecule has 3 unspecified atom stereocenters. The monoisotopic (exact) mass is 239 g/mol. The van der Waals surface area contributed by atoms with Gasteiger partial charge in [-0.05, 0) is 40.2 Å². The summed E-state index contributed by atoms with van der Waals surface area (Å²) in [5, 5.41) is 3.48. The third-order valence-electron chi connectivity index (χ3n) is 4.16. The number of carbonyl (C=O) groups is 1. The molecular weight excluding hydrogens is 214 g/mol. The van der Waals surface area contributed by atoms with E-state index in [1.165, 1.54) is 12.8 Å². The first-order valence-corrected chi connectivity index (χ1v) is 6.83. The Morgan fingerprint density at radius 1 is 1.35 bits per heavy atom. The van der Waals surface area contributed by atoms with Crippen LogP contribution in [0.25, 0.3) is 0 Å². The maximum atomic E-state index is 12.1. The first kappa shape index (κ1) is 12.8. The first-order valence-electron chi connectivity index (χ1n) is 6.83. The van der Waals surface area contributed by atoms with Gasteiger partial charge in [0.25, 0.3) is 0 Å². The van der Waals surface area contributed by atoms with Crippen LogP contribution in [0.3, 0.4) is 0 Å². The van der Waals surface area contributed by atoms with Crippen molar-refractivity contribution in [2.24, 2.45) is 0 Å². The average molecular weight is 239 g/mol. The minimum atomic E-state index is -0.0307. The van der Waals surface area contributed by atoms with Gasteiger partial charge in [0.05, 0.1) is 6.04 Å². The van der Waals surface area contributed by atoms with Gasteiger partial charge in [-0.15, -0.1) is 0 Å². The molecule has 0 saturated carbocycles. The van der Waals surface area contributed by atoms with Crippen molar-refractivity contribution in [3.05, 3.63) is 0 Å². The van der Waals surface area contributed by atoms with E-state index in [1.54, 1.807) is 0 Å². The normalized spacial score (nSPS) is 32.1. The molecule has 2 aliphatic rings. The highest BCUT2D eigenvalue weighted by Crippen LogP contribution is 2.16. The average Bonchev–Trinajstić information content (AvgIpc) is 2.89. The van der Waals surface area contributed by atoms with Crippen molar-refractivity contribution in [1.29, 1.82) is 0 Å². The van der Waals surface area contributed by atoms with E-state index in [9.17, 15) is 4.79 Å². The number of rotatable bonds is 3. The van der Waals surface area contributed by atoms with E-state index in [4.69, 9.17) is 0 Å². The minimum absolute atomic E-state index is 0.0307. The van der Waals surface area contributed by atoms with Gasteiger partial charge >= 0.3 is 0 Å². The van der Waals surface area contributed by atoms with E-state index in [2.05, 4.69) is 24.2 Å². The quantitative estimate of drug-likeness (QED) is 0.786. The van der Waals surface area contributed by atoms with Crippen molar-refractivity contribution in [3.63, 3.8) is 0 Å². The zero-order valence-corrected chi connectivity index (χ0v) is 11.3. The molecule has 0 bridgehead atoms. The molecule has 2 saturated heterocycles. The lowest BCUT2D eigenvalue weighted by molar-refractivity contribution is -0.132. The van der Waals surface area contributed by atoms with Gasteiger partial charge in [-0.25, -0.2) is 0 Å². The van der Waals surface area contributed by atoms with Gasteiger partial charge < -0.3 is 15.1 Å². The summed E-state index contributed by atoms with van der Waals surface area (Å²) in [5.74, 6) is 0.282. The van der Waals surface area contributed by atoms with Crippen LogP contribution in [0.4, 0.5) is 0 Å². The Labute approximate surface area is 104 Å². The maximum absolute atomic E-state index is 12.1. The Kier molecular flexibility index (Phi) is 4.05. The zero-order chi connectivity index (χ0) is 12.4. The van der Waals surface area contributed by atoms with Crippen LogP contribution >= 0.6 is 0 Å². The summed E-state index contributed by atoms with van der Waals surface area (Å²) in [6.45, 7) is 7.20. The molecule has 1 N–H and O–H groups in total. The molecular formula is C13H25N3O. The van der Waals surface area contributed by atoms with E-state index in [0.717, 1.165) is 26.1 Å². The number of hydrogen-bond acceptors (Lipinski definition) is 3. The standard InChI is InChI=1S/C13H25N3O/c1-10-8-12(9-15(10)3)14-11(2)13(17)16-6-4-5-7-16/h10-12,14H,4-9H2,1-3H3. The molecule has 2 aliphatic heterocycles. The van der Waals surface area contributed by atoms with Crippen LogP contribution in [0, 0.1) is 0 Å². The van der Waals surface area contributed by atoms with Gasteiger partial charge in [0.2, 0.25) is 5.91 Å². The third-order valence-corrected chi connectivity index (χ3v) is 4.16. The molecule has 0 aromatic carbocycles. The molecule has 98 valence electrons. The van der Waals surface area contributed by atoms with Crippen LogP contribution in [-0.4, -0.2) is 60.5 Å². The smallest absolute Gasteiger partial charge is 0.239 e. The Bertz CT molecular complexity index is 266. The topological polar surface area (TPSA) is 35.6 Å². The van der Waals surface area contributed by atoms with Crippen molar-refractivity contribution in [3.8, 4) is 0 Å². The highest BCUT2D eigenvalue weighted by molar-refractivity contribution is 5.81. The second-order valence-corrected chi connectivity index (χ2v) is 5.64. The lowest BCUT2D eigenvalue weighted by Crippen LogP contribution is -2.48. The second-order valence-electron chi connectivity index (χ2n) is 5.64. The Morgan fingerprint density at radius 3 is 2.53 bits per heavy atom. The molecule has 3 atom stereocenters. The molecule has 1 amide bonds. The summed E-state index contributed by atoms with van der Waals surface area (Å²) in [7, 11) is 2.15. The third kappa shape index (κ3) is 2.99. The summed E-state index contributed by atoms with van der Waals surface area (Å²) in [6.07, 6.45) is 3.48. The van der Waals surface area contributed by atoms with Gasteiger partial charge in [0.15, 0.2) is 0 Å². The molecule has 4 heteroatoms. The molecule has 0 spiro atoms. The zero-order valence-electron chi connectivity index (χ0n) is 11.3. The van der Waals surface area contributed by atoms with Crippen molar-refractivity contribution in [2.75, 3.05) is 26.7 Å². The first-order chi connectivity index (χ1) is 8.08. The maximum Gasteiger partial charge on any atom is 0.239 e. The van der Waals surface area contributed by atoms with Crippen LogP contribution in [0.15, 0.2) is 0 Å². The van der Waals surface area contributed by atoms with Crippen LogP contribution in [0.2, 0.25) is 0 Å². The van der Waals surface area contributed by atoms with Gasteiger partial charge in [0, 0.05) is 31.7 Å². The SMILES string of the molecule is CC(NC1CC(C)N(C)C1)C(=O)N1CCCC1. The summed E-state index contributed by atoms with van der Waals surface area (Å²) in [4.78, 5) is 16.5. The number of amides is 1. The summed E-state index contributed by atoms with van der Waals surface area (Å²) in [6, 6.07) is 1.06. The lowest BCUT2D eigenvalue weighted by Gasteiger charge is -2.23. The number of likely N-dealkylation sites (N-methyl/N-ethyl adjacent to an activating group) is 1. The fraction of sp³-hybridized carbons (Fsp3) is 0.923. The number of nitrogens with one attached hydrogen (secondary N) is 1. The summed E-state index contributed by atoms with van der Waals surface area (Å²) in [5.41, 5.74) is 0. The number of likely N-dealkylation sites (tertiary alicyclic amines) is 2. The molecule has 17 heavy (non-hydrogen) atoms. The van der Waals surface area contributed by atoms with Crippen molar-refractivity contribution in [1.82, 2.24) is 15.1 Å². The number of nitrogens with zero attached hydrogens (tertiary/aromatic N) is 2. The second kappa shape index (κ2) is 5.36. The van der Waals surface area contributed by atoms with Crippen LogP contribution in [0.5, 0.6) is 0 Å². The Morgan fingerprint density at radius 2 is 2.00 bits per heavy atom. The Balaban J connectivity index is 1.80. The van der Waals surface area contributed by atoms with Crippen LogP contribution in [0.1, 0.15) is 33.1 Å². The Hall–Kier alpha value is -0.610. The van der Waals surface area contributed by atoms with Gasteiger partial charge in [-0.3, -0.25) is 4.79 Å². The molecule has 0 aromatic rings. The predicted molar refractivity (Wildman–Crippen MR) is 68.9 cm³/mol. The van der Waals surface area contributed by atoms with Gasteiger partial charge in [0.1, 0.15) is 0 Å². The van der Waals surface area contributed by atoms with E-state index in [-0.39, 0.29) is 11.9 Å².